The van der Waals surface area contributed by atoms with E-state index < -0.39 is 10.0 Å². The Morgan fingerprint density at radius 1 is 1.06 bits per heavy atom. The molecule has 8 nitrogen and oxygen atoms in total. The van der Waals surface area contributed by atoms with Crippen LogP contribution >= 0.6 is 0 Å². The van der Waals surface area contributed by atoms with E-state index in [4.69, 9.17) is 9.47 Å². The SMILES string of the molecule is COc1ccccc1CNC(=O)c1cc(S(=O)(=O)N2CCOCC2)ccc1N1CCCC1. The van der Waals surface area contributed by atoms with Gasteiger partial charge in [0.15, 0.2) is 0 Å². The Kier molecular flexibility index (Phi) is 6.98. The molecule has 0 atom stereocenters. The van der Waals surface area contributed by atoms with Crippen molar-refractivity contribution in [3.05, 3.63) is 53.6 Å². The summed E-state index contributed by atoms with van der Waals surface area (Å²) < 4.78 is 38.4. The van der Waals surface area contributed by atoms with Gasteiger partial charge in [-0.25, -0.2) is 8.42 Å². The number of amides is 1. The van der Waals surface area contributed by atoms with Crippen molar-refractivity contribution in [3.8, 4) is 5.75 Å². The molecule has 0 spiro atoms. The molecular formula is C23H29N3O5S. The quantitative estimate of drug-likeness (QED) is 0.683. The molecule has 4 rings (SSSR count). The second-order valence-corrected chi connectivity index (χ2v) is 9.82. The number of ether oxygens (including phenoxy) is 2. The number of carbonyl (C=O) groups excluding carboxylic acids is 1. The molecule has 2 saturated heterocycles. The highest BCUT2D eigenvalue weighted by atomic mass is 32.2. The van der Waals surface area contributed by atoms with Crippen LogP contribution in [0.25, 0.3) is 0 Å². The maximum Gasteiger partial charge on any atom is 0.253 e. The van der Waals surface area contributed by atoms with Crippen molar-refractivity contribution in [2.24, 2.45) is 0 Å². The molecule has 172 valence electrons. The lowest BCUT2D eigenvalue weighted by Crippen LogP contribution is -2.40. The lowest BCUT2D eigenvalue weighted by Gasteiger charge is -2.27. The van der Waals surface area contributed by atoms with Crippen molar-refractivity contribution >= 4 is 21.6 Å². The van der Waals surface area contributed by atoms with E-state index in [1.807, 2.05) is 24.3 Å². The first-order valence-electron chi connectivity index (χ1n) is 10.9. The maximum atomic E-state index is 13.2. The van der Waals surface area contributed by atoms with E-state index in [0.29, 0.717) is 37.6 Å². The number of methoxy groups -OCH3 is 1. The molecule has 2 aromatic rings. The van der Waals surface area contributed by atoms with Crippen molar-refractivity contribution in [3.63, 3.8) is 0 Å². The van der Waals surface area contributed by atoms with Crippen molar-refractivity contribution < 1.29 is 22.7 Å². The molecule has 2 fully saturated rings. The van der Waals surface area contributed by atoms with Gasteiger partial charge in [-0.2, -0.15) is 4.31 Å². The van der Waals surface area contributed by atoms with Gasteiger partial charge in [-0.3, -0.25) is 4.79 Å². The van der Waals surface area contributed by atoms with Gasteiger partial charge in [-0.1, -0.05) is 18.2 Å². The lowest BCUT2D eigenvalue weighted by atomic mass is 10.1. The van der Waals surface area contributed by atoms with Crippen LogP contribution in [0.4, 0.5) is 5.69 Å². The summed E-state index contributed by atoms with van der Waals surface area (Å²) >= 11 is 0. The Morgan fingerprint density at radius 2 is 1.78 bits per heavy atom. The summed E-state index contributed by atoms with van der Waals surface area (Å²) in [5.74, 6) is 0.382. The standard InChI is InChI=1S/C23H29N3O5S/c1-30-22-7-3-2-6-18(22)17-24-23(27)20-16-19(8-9-21(20)25-10-4-5-11-25)32(28,29)26-12-14-31-15-13-26/h2-3,6-9,16H,4-5,10-15,17H2,1H3,(H,24,27). The molecule has 0 radical (unpaired) electrons. The van der Waals surface area contributed by atoms with Gasteiger partial charge in [0.1, 0.15) is 5.75 Å². The van der Waals surface area contributed by atoms with E-state index in [2.05, 4.69) is 10.2 Å². The summed E-state index contributed by atoms with van der Waals surface area (Å²) in [5, 5.41) is 2.94. The summed E-state index contributed by atoms with van der Waals surface area (Å²) in [5.41, 5.74) is 1.99. The van der Waals surface area contributed by atoms with Gasteiger partial charge in [0.2, 0.25) is 10.0 Å². The van der Waals surface area contributed by atoms with Crippen LogP contribution in [-0.4, -0.2) is 65.1 Å². The average molecular weight is 460 g/mol. The smallest absolute Gasteiger partial charge is 0.253 e. The largest absolute Gasteiger partial charge is 0.496 e. The Bertz CT molecular complexity index is 1060. The van der Waals surface area contributed by atoms with E-state index in [-0.39, 0.29) is 17.3 Å². The van der Waals surface area contributed by atoms with Gasteiger partial charge in [-0.15, -0.1) is 0 Å². The van der Waals surface area contributed by atoms with E-state index >= 15 is 0 Å². The molecule has 0 aromatic heterocycles. The lowest BCUT2D eigenvalue weighted by molar-refractivity contribution is 0.0730. The van der Waals surface area contributed by atoms with Gasteiger partial charge >= 0.3 is 0 Å². The van der Waals surface area contributed by atoms with Crippen LogP contribution in [0.2, 0.25) is 0 Å². The minimum Gasteiger partial charge on any atom is -0.496 e. The van der Waals surface area contributed by atoms with E-state index in [9.17, 15) is 13.2 Å². The number of morpholine rings is 1. The third kappa shape index (κ3) is 4.74. The molecule has 32 heavy (non-hydrogen) atoms. The number of anilines is 1. The summed E-state index contributed by atoms with van der Waals surface area (Å²) in [4.78, 5) is 15.5. The second kappa shape index (κ2) is 9.89. The topological polar surface area (TPSA) is 88.2 Å². The molecule has 1 N–H and O–H groups in total. The molecule has 2 aromatic carbocycles. The number of hydrogen-bond donors (Lipinski definition) is 1. The van der Waals surface area contributed by atoms with Crippen LogP contribution < -0.4 is 15.0 Å². The fraction of sp³-hybridized carbons (Fsp3) is 0.435. The fourth-order valence-electron chi connectivity index (χ4n) is 4.15. The van der Waals surface area contributed by atoms with Crippen molar-refractivity contribution in [1.29, 1.82) is 0 Å². The molecule has 2 aliphatic heterocycles. The van der Waals surface area contributed by atoms with Gasteiger partial charge in [-0.05, 0) is 37.1 Å². The molecule has 2 heterocycles. The highest BCUT2D eigenvalue weighted by Crippen LogP contribution is 2.29. The first kappa shape index (κ1) is 22.6. The minimum absolute atomic E-state index is 0.129. The van der Waals surface area contributed by atoms with Crippen LogP contribution in [0.15, 0.2) is 47.4 Å². The third-order valence-electron chi connectivity index (χ3n) is 5.90. The summed E-state index contributed by atoms with van der Waals surface area (Å²) in [6, 6.07) is 12.4. The van der Waals surface area contributed by atoms with Crippen LogP contribution in [0.1, 0.15) is 28.8 Å². The number of para-hydroxylation sites is 1. The van der Waals surface area contributed by atoms with E-state index in [1.165, 1.54) is 10.4 Å². The first-order valence-corrected chi connectivity index (χ1v) is 12.3. The first-order chi connectivity index (χ1) is 15.5. The highest BCUT2D eigenvalue weighted by molar-refractivity contribution is 7.89. The number of hydrogen-bond acceptors (Lipinski definition) is 6. The number of nitrogens with one attached hydrogen (secondary N) is 1. The molecule has 0 saturated carbocycles. The molecule has 0 unspecified atom stereocenters. The number of rotatable bonds is 7. The zero-order chi connectivity index (χ0) is 22.6. The molecule has 1 amide bonds. The van der Waals surface area contributed by atoms with Gasteiger partial charge in [0.05, 0.1) is 30.8 Å². The van der Waals surface area contributed by atoms with Crippen LogP contribution in [0.5, 0.6) is 5.75 Å². The molecule has 9 heteroatoms. The van der Waals surface area contributed by atoms with Gasteiger partial charge < -0.3 is 19.7 Å². The zero-order valence-corrected chi connectivity index (χ0v) is 19.1. The van der Waals surface area contributed by atoms with E-state index in [1.54, 1.807) is 19.2 Å². The number of sulfonamides is 1. The molecular weight excluding hydrogens is 430 g/mol. The van der Waals surface area contributed by atoms with Crippen molar-refractivity contribution in [1.82, 2.24) is 9.62 Å². The predicted octanol–water partition coefficient (Wildman–Crippen LogP) is 2.25. The van der Waals surface area contributed by atoms with Gasteiger partial charge in [0.25, 0.3) is 5.91 Å². The fourth-order valence-corrected chi connectivity index (χ4v) is 5.58. The number of carbonyl (C=O) groups is 1. The maximum absolute atomic E-state index is 13.2. The van der Waals surface area contributed by atoms with Gasteiger partial charge in [0, 0.05) is 44.0 Å². The van der Waals surface area contributed by atoms with Crippen LogP contribution in [0, 0.1) is 0 Å². The normalized spacial score (nSPS) is 17.3. The molecule has 0 bridgehead atoms. The van der Waals surface area contributed by atoms with Crippen molar-refractivity contribution in [2.75, 3.05) is 51.4 Å². The van der Waals surface area contributed by atoms with E-state index in [0.717, 1.165) is 37.2 Å². The number of nitrogens with zero attached hydrogens (tertiary/aromatic N) is 2. The van der Waals surface area contributed by atoms with Crippen LogP contribution in [0.3, 0.4) is 0 Å². The Balaban J connectivity index is 1.63. The monoisotopic (exact) mass is 459 g/mol. The van der Waals surface area contributed by atoms with Crippen LogP contribution in [-0.2, 0) is 21.3 Å². The Labute approximate surface area is 189 Å². The number of benzene rings is 2. The molecule has 0 aliphatic carbocycles. The summed E-state index contributed by atoms with van der Waals surface area (Å²) in [6.45, 7) is 3.35. The third-order valence-corrected chi connectivity index (χ3v) is 7.79. The predicted molar refractivity (Wildman–Crippen MR) is 122 cm³/mol. The zero-order valence-electron chi connectivity index (χ0n) is 18.2. The highest BCUT2D eigenvalue weighted by Gasteiger charge is 2.29. The average Bonchev–Trinajstić information content (AvgIpc) is 3.37. The Morgan fingerprint density at radius 3 is 2.50 bits per heavy atom. The summed E-state index contributed by atoms with van der Waals surface area (Å²) in [6.07, 6.45) is 2.10. The minimum atomic E-state index is -3.70. The second-order valence-electron chi connectivity index (χ2n) is 7.88. The molecule has 2 aliphatic rings. The van der Waals surface area contributed by atoms with Crippen molar-refractivity contribution in [2.45, 2.75) is 24.3 Å². The summed E-state index contributed by atoms with van der Waals surface area (Å²) in [7, 11) is -2.11. The Hall–Kier alpha value is -2.62.